The van der Waals surface area contributed by atoms with Gasteiger partial charge in [0.05, 0.1) is 23.3 Å². The Morgan fingerprint density at radius 3 is 2.76 bits per heavy atom. The molecule has 2 aromatic carbocycles. The average molecular weight is 483 g/mol. The molecule has 5 nitrogen and oxygen atoms in total. The molecule has 1 amide bonds. The molecule has 2 unspecified atom stereocenters. The fourth-order valence-electron chi connectivity index (χ4n) is 5.06. The van der Waals surface area contributed by atoms with E-state index in [9.17, 15) is 4.79 Å². The Kier molecular flexibility index (Phi) is 5.98. The Morgan fingerprint density at radius 2 is 2.06 bits per heavy atom. The average Bonchev–Trinajstić information content (AvgIpc) is 3.45. The lowest BCUT2D eigenvalue weighted by atomic mass is 9.95. The van der Waals surface area contributed by atoms with Gasteiger partial charge in [-0.05, 0) is 74.6 Å². The molecule has 7 heteroatoms. The molecule has 5 rings (SSSR count). The lowest BCUT2D eigenvalue weighted by Gasteiger charge is -2.34. The molecule has 3 heterocycles. The number of fused-ring (bicyclic) bond motifs is 1. The summed E-state index contributed by atoms with van der Waals surface area (Å²) in [6.07, 6.45) is 6.91. The second kappa shape index (κ2) is 8.79. The second-order valence-corrected chi connectivity index (χ2v) is 10.1. The molecule has 1 aromatic heterocycles. The summed E-state index contributed by atoms with van der Waals surface area (Å²) >= 11 is 12.6. The number of carbonyl (C=O) groups is 1. The van der Waals surface area contributed by atoms with Gasteiger partial charge in [0.2, 0.25) is 5.91 Å². The van der Waals surface area contributed by atoms with E-state index in [0.717, 1.165) is 48.8 Å². The molecule has 0 radical (unpaired) electrons. The van der Waals surface area contributed by atoms with Crippen molar-refractivity contribution in [3.05, 3.63) is 69.8 Å². The van der Waals surface area contributed by atoms with Crippen molar-refractivity contribution in [3.63, 3.8) is 0 Å². The molecule has 2 atom stereocenters. The van der Waals surface area contributed by atoms with Crippen LogP contribution in [0.15, 0.2) is 48.7 Å². The van der Waals surface area contributed by atoms with E-state index in [2.05, 4.69) is 41.6 Å². The summed E-state index contributed by atoms with van der Waals surface area (Å²) in [6, 6.07) is 12.0. The smallest absolute Gasteiger partial charge is 0.242 e. The fourth-order valence-corrected chi connectivity index (χ4v) is 5.63. The Bertz CT molecular complexity index is 1240. The summed E-state index contributed by atoms with van der Waals surface area (Å²) in [5, 5.41) is 10.4. The summed E-state index contributed by atoms with van der Waals surface area (Å²) < 4.78 is 2.01. The molecule has 2 aliphatic rings. The zero-order valence-electron chi connectivity index (χ0n) is 18.9. The van der Waals surface area contributed by atoms with Gasteiger partial charge in [0.25, 0.3) is 0 Å². The number of benzene rings is 2. The SMILES string of the molecule is CC(c1ccc(Cl)cc1Cl)n1ncc2ccc(C3=CCN(C(=O)C4(C)CCCN4)CC3)cc21. The van der Waals surface area contributed by atoms with Gasteiger partial charge in [0, 0.05) is 28.5 Å². The van der Waals surface area contributed by atoms with Crippen LogP contribution < -0.4 is 5.32 Å². The third kappa shape index (κ3) is 4.18. The third-order valence-corrected chi connectivity index (χ3v) is 7.65. The van der Waals surface area contributed by atoms with Crippen LogP contribution >= 0.6 is 23.2 Å². The van der Waals surface area contributed by atoms with E-state index in [1.54, 1.807) is 6.07 Å². The number of rotatable bonds is 4. The number of nitrogens with one attached hydrogen (secondary N) is 1. The molecule has 0 spiro atoms. The molecule has 3 aromatic rings. The largest absolute Gasteiger partial charge is 0.337 e. The van der Waals surface area contributed by atoms with Crippen LogP contribution in [0.5, 0.6) is 0 Å². The van der Waals surface area contributed by atoms with Crippen molar-refractivity contribution in [2.24, 2.45) is 0 Å². The van der Waals surface area contributed by atoms with Crippen molar-refractivity contribution in [2.45, 2.75) is 44.7 Å². The lowest BCUT2D eigenvalue weighted by Crippen LogP contribution is -2.53. The number of hydrogen-bond acceptors (Lipinski definition) is 3. The minimum absolute atomic E-state index is 0.0318. The number of aromatic nitrogens is 2. The molecule has 0 bridgehead atoms. The minimum atomic E-state index is -0.407. The van der Waals surface area contributed by atoms with E-state index >= 15 is 0 Å². The number of halogens is 2. The second-order valence-electron chi connectivity index (χ2n) is 9.30. The highest BCUT2D eigenvalue weighted by Gasteiger charge is 2.39. The number of carbonyl (C=O) groups excluding carboxylic acids is 1. The predicted octanol–water partition coefficient (Wildman–Crippen LogP) is 5.71. The van der Waals surface area contributed by atoms with Crippen molar-refractivity contribution in [2.75, 3.05) is 19.6 Å². The summed E-state index contributed by atoms with van der Waals surface area (Å²) in [4.78, 5) is 15.0. The van der Waals surface area contributed by atoms with Gasteiger partial charge in [-0.25, -0.2) is 0 Å². The first-order valence-electron chi connectivity index (χ1n) is 11.5. The van der Waals surface area contributed by atoms with Crippen LogP contribution in [0, 0.1) is 0 Å². The van der Waals surface area contributed by atoms with Crippen molar-refractivity contribution < 1.29 is 4.79 Å². The Morgan fingerprint density at radius 1 is 1.21 bits per heavy atom. The van der Waals surface area contributed by atoms with E-state index in [-0.39, 0.29) is 11.9 Å². The molecular weight excluding hydrogens is 455 g/mol. The van der Waals surface area contributed by atoms with Crippen LogP contribution in [0.4, 0.5) is 0 Å². The maximum absolute atomic E-state index is 13.0. The predicted molar refractivity (Wildman–Crippen MR) is 135 cm³/mol. The molecule has 1 fully saturated rings. The Balaban J connectivity index is 1.40. The van der Waals surface area contributed by atoms with Crippen LogP contribution in [0.2, 0.25) is 10.0 Å². The fraction of sp³-hybridized carbons (Fsp3) is 0.385. The van der Waals surface area contributed by atoms with Crippen LogP contribution in [0.25, 0.3) is 16.5 Å². The van der Waals surface area contributed by atoms with Gasteiger partial charge in [-0.1, -0.05) is 47.5 Å². The van der Waals surface area contributed by atoms with Gasteiger partial charge in [-0.15, -0.1) is 0 Å². The van der Waals surface area contributed by atoms with E-state index in [1.807, 2.05) is 34.8 Å². The van der Waals surface area contributed by atoms with Crippen LogP contribution in [-0.4, -0.2) is 45.8 Å². The van der Waals surface area contributed by atoms with E-state index in [4.69, 9.17) is 23.2 Å². The first kappa shape index (κ1) is 22.5. The zero-order chi connectivity index (χ0) is 23.2. The molecule has 172 valence electrons. The van der Waals surface area contributed by atoms with Gasteiger partial charge < -0.3 is 10.2 Å². The van der Waals surface area contributed by atoms with Crippen molar-refractivity contribution in [1.82, 2.24) is 20.0 Å². The first-order valence-corrected chi connectivity index (χ1v) is 12.3. The van der Waals surface area contributed by atoms with Gasteiger partial charge >= 0.3 is 0 Å². The summed E-state index contributed by atoms with van der Waals surface area (Å²) in [7, 11) is 0. The van der Waals surface area contributed by atoms with Crippen LogP contribution in [0.3, 0.4) is 0 Å². The molecule has 2 aliphatic heterocycles. The van der Waals surface area contributed by atoms with E-state index < -0.39 is 5.54 Å². The zero-order valence-corrected chi connectivity index (χ0v) is 20.5. The van der Waals surface area contributed by atoms with Gasteiger partial charge in [-0.3, -0.25) is 9.48 Å². The van der Waals surface area contributed by atoms with E-state index in [1.165, 1.54) is 11.1 Å². The van der Waals surface area contributed by atoms with Crippen LogP contribution in [0.1, 0.15) is 50.3 Å². The van der Waals surface area contributed by atoms with Crippen molar-refractivity contribution in [3.8, 4) is 0 Å². The number of hydrogen-bond donors (Lipinski definition) is 1. The monoisotopic (exact) mass is 482 g/mol. The quantitative estimate of drug-likeness (QED) is 0.517. The number of amides is 1. The maximum atomic E-state index is 13.0. The highest BCUT2D eigenvalue weighted by Crippen LogP contribution is 2.32. The number of nitrogens with zero attached hydrogens (tertiary/aromatic N) is 3. The molecule has 0 aliphatic carbocycles. The third-order valence-electron chi connectivity index (χ3n) is 7.09. The summed E-state index contributed by atoms with van der Waals surface area (Å²) in [5.74, 6) is 0.220. The summed E-state index contributed by atoms with van der Waals surface area (Å²) in [6.45, 7) is 6.44. The standard InChI is InChI=1S/C26H28Cl2N4O/c1-17(22-7-6-21(27)15-23(22)28)32-24-14-19(4-5-20(24)16-30-32)18-8-12-31(13-9-18)25(33)26(2)10-3-11-29-26/h4-8,14-17,29H,3,9-13H2,1-2H3. The normalized spacial score (nSPS) is 21.9. The maximum Gasteiger partial charge on any atom is 0.242 e. The van der Waals surface area contributed by atoms with Crippen LogP contribution in [-0.2, 0) is 4.79 Å². The molecule has 1 N–H and O–H groups in total. The van der Waals surface area contributed by atoms with Crippen molar-refractivity contribution >= 4 is 45.6 Å². The Hall–Kier alpha value is -2.34. The first-order chi connectivity index (χ1) is 15.9. The molecular formula is C26H28Cl2N4O. The minimum Gasteiger partial charge on any atom is -0.337 e. The van der Waals surface area contributed by atoms with Crippen molar-refractivity contribution in [1.29, 1.82) is 0 Å². The molecule has 0 saturated carbocycles. The topological polar surface area (TPSA) is 50.2 Å². The summed E-state index contributed by atoms with van der Waals surface area (Å²) in [5.41, 5.74) is 4.09. The van der Waals surface area contributed by atoms with Gasteiger partial charge in [0.15, 0.2) is 0 Å². The van der Waals surface area contributed by atoms with Gasteiger partial charge in [-0.2, -0.15) is 5.10 Å². The molecule has 1 saturated heterocycles. The highest BCUT2D eigenvalue weighted by atomic mass is 35.5. The van der Waals surface area contributed by atoms with Gasteiger partial charge in [0.1, 0.15) is 0 Å². The van der Waals surface area contributed by atoms with E-state index in [0.29, 0.717) is 16.6 Å². The Labute approximate surface area is 204 Å². The lowest BCUT2D eigenvalue weighted by molar-refractivity contribution is -0.136. The highest BCUT2D eigenvalue weighted by molar-refractivity contribution is 6.35. The molecule has 33 heavy (non-hydrogen) atoms.